The second kappa shape index (κ2) is 11.6. The standard InChI is InChI=1S/C29H29N5O4S/c1-18(2)13-22(16-35)31-29(37)26-25(20-10-12-39-17-20)32-27-23(9-6-11-34(26)27)28(36)30-15-21-14-24(38-33-21)19-7-4-3-5-8-19/h3-12,14,17-18,22,35H,13,15-16H2,1-2H3,(H,30,36)(H,31,37)/t22-/m0/s1. The van der Waals surface area contributed by atoms with Gasteiger partial charge >= 0.3 is 0 Å². The van der Waals surface area contributed by atoms with Gasteiger partial charge in [-0.1, -0.05) is 49.3 Å². The number of thiophene rings is 1. The summed E-state index contributed by atoms with van der Waals surface area (Å²) in [6.07, 6.45) is 2.35. The van der Waals surface area contributed by atoms with Crippen LogP contribution in [0.5, 0.6) is 0 Å². The number of benzene rings is 1. The van der Waals surface area contributed by atoms with Crippen molar-refractivity contribution in [2.24, 2.45) is 5.92 Å². The molecule has 3 N–H and O–H groups in total. The molecule has 0 saturated carbocycles. The Hall–Kier alpha value is -4.28. The van der Waals surface area contributed by atoms with E-state index in [1.807, 2.05) is 61.0 Å². The summed E-state index contributed by atoms with van der Waals surface area (Å²) in [5.74, 6) is 0.193. The van der Waals surface area contributed by atoms with Crippen LogP contribution in [0.25, 0.3) is 28.2 Å². The van der Waals surface area contributed by atoms with Crippen molar-refractivity contribution in [2.45, 2.75) is 32.9 Å². The first-order valence-corrected chi connectivity index (χ1v) is 13.6. The van der Waals surface area contributed by atoms with Crippen LogP contribution in [0.2, 0.25) is 0 Å². The molecule has 5 aromatic rings. The molecule has 9 nitrogen and oxygen atoms in total. The number of aliphatic hydroxyl groups excluding tert-OH is 1. The van der Waals surface area contributed by atoms with Crippen molar-refractivity contribution in [2.75, 3.05) is 6.61 Å². The number of nitrogens with one attached hydrogen (secondary N) is 2. The number of pyridine rings is 1. The summed E-state index contributed by atoms with van der Waals surface area (Å²) in [5, 5.41) is 23.5. The lowest BCUT2D eigenvalue weighted by atomic mass is 10.0. The predicted octanol–water partition coefficient (Wildman–Crippen LogP) is 4.78. The fraction of sp³-hybridized carbons (Fsp3) is 0.241. The van der Waals surface area contributed by atoms with E-state index in [1.165, 1.54) is 11.3 Å². The van der Waals surface area contributed by atoms with Gasteiger partial charge in [-0.3, -0.25) is 14.0 Å². The monoisotopic (exact) mass is 543 g/mol. The van der Waals surface area contributed by atoms with Gasteiger partial charge in [0.2, 0.25) is 0 Å². The smallest absolute Gasteiger partial charge is 0.270 e. The summed E-state index contributed by atoms with van der Waals surface area (Å²) in [7, 11) is 0. The Bertz CT molecular complexity index is 1570. The quantitative estimate of drug-likeness (QED) is 0.233. The molecule has 4 heterocycles. The molecule has 0 spiro atoms. The number of nitrogens with zero attached hydrogens (tertiary/aromatic N) is 3. The van der Waals surface area contributed by atoms with Crippen molar-refractivity contribution in [3.63, 3.8) is 0 Å². The van der Waals surface area contributed by atoms with Crippen LogP contribution in [-0.2, 0) is 6.54 Å². The van der Waals surface area contributed by atoms with E-state index >= 15 is 0 Å². The van der Waals surface area contributed by atoms with E-state index in [2.05, 4.69) is 15.8 Å². The van der Waals surface area contributed by atoms with E-state index in [-0.39, 0.29) is 25.0 Å². The van der Waals surface area contributed by atoms with Crippen molar-refractivity contribution < 1.29 is 19.2 Å². The van der Waals surface area contributed by atoms with Gasteiger partial charge in [-0.15, -0.1) is 0 Å². The van der Waals surface area contributed by atoms with Crippen LogP contribution in [-0.4, -0.2) is 44.1 Å². The van der Waals surface area contributed by atoms with E-state index in [4.69, 9.17) is 9.51 Å². The minimum absolute atomic E-state index is 0.162. The van der Waals surface area contributed by atoms with Crippen LogP contribution in [0.15, 0.2) is 76.1 Å². The maximum atomic E-state index is 13.5. The predicted molar refractivity (Wildman–Crippen MR) is 149 cm³/mol. The number of fused-ring (bicyclic) bond motifs is 1. The molecular formula is C29H29N5O4S. The number of imidazole rings is 1. The lowest BCUT2D eigenvalue weighted by molar-refractivity contribution is 0.0901. The molecule has 0 aliphatic carbocycles. The molecule has 0 radical (unpaired) electrons. The number of hydrogen-bond donors (Lipinski definition) is 3. The molecule has 1 aromatic carbocycles. The van der Waals surface area contributed by atoms with E-state index in [9.17, 15) is 14.7 Å². The summed E-state index contributed by atoms with van der Waals surface area (Å²) in [6.45, 7) is 4.06. The van der Waals surface area contributed by atoms with E-state index in [0.29, 0.717) is 46.4 Å². The van der Waals surface area contributed by atoms with Gasteiger partial charge in [-0.25, -0.2) is 4.98 Å². The van der Waals surface area contributed by atoms with Gasteiger partial charge in [0.1, 0.15) is 17.1 Å². The zero-order chi connectivity index (χ0) is 27.4. The molecular weight excluding hydrogens is 514 g/mol. The summed E-state index contributed by atoms with van der Waals surface area (Å²) >= 11 is 1.49. The molecule has 10 heteroatoms. The van der Waals surface area contributed by atoms with Gasteiger partial charge in [0, 0.05) is 28.8 Å². The highest BCUT2D eigenvalue weighted by Crippen LogP contribution is 2.28. The first-order chi connectivity index (χ1) is 18.9. The van der Waals surface area contributed by atoms with E-state index in [0.717, 1.165) is 11.1 Å². The van der Waals surface area contributed by atoms with Gasteiger partial charge in [-0.05, 0) is 35.9 Å². The van der Waals surface area contributed by atoms with Gasteiger partial charge in [-0.2, -0.15) is 11.3 Å². The Morgan fingerprint density at radius 2 is 1.90 bits per heavy atom. The largest absolute Gasteiger partial charge is 0.394 e. The Kier molecular flexibility index (Phi) is 7.85. The first kappa shape index (κ1) is 26.3. The van der Waals surface area contributed by atoms with Crippen LogP contribution in [0.3, 0.4) is 0 Å². The van der Waals surface area contributed by atoms with Crippen LogP contribution in [0.4, 0.5) is 0 Å². The maximum Gasteiger partial charge on any atom is 0.270 e. The fourth-order valence-electron chi connectivity index (χ4n) is 4.46. The third-order valence-electron chi connectivity index (χ3n) is 6.26. The van der Waals surface area contributed by atoms with Gasteiger partial charge in [0.05, 0.1) is 24.8 Å². The lowest BCUT2D eigenvalue weighted by Gasteiger charge is -2.18. The number of hydrogen-bond acceptors (Lipinski definition) is 7. The Labute approximate surface area is 229 Å². The summed E-state index contributed by atoms with van der Waals surface area (Å²) in [4.78, 5) is 31.5. The first-order valence-electron chi connectivity index (χ1n) is 12.7. The maximum absolute atomic E-state index is 13.5. The number of carbonyl (C=O) groups is 2. The van der Waals surface area contributed by atoms with E-state index < -0.39 is 6.04 Å². The molecule has 39 heavy (non-hydrogen) atoms. The zero-order valence-electron chi connectivity index (χ0n) is 21.6. The summed E-state index contributed by atoms with van der Waals surface area (Å²) < 4.78 is 7.06. The van der Waals surface area contributed by atoms with Crippen LogP contribution in [0.1, 0.15) is 46.8 Å². The number of rotatable bonds is 10. The minimum Gasteiger partial charge on any atom is -0.394 e. The van der Waals surface area contributed by atoms with Crippen molar-refractivity contribution in [3.8, 4) is 22.6 Å². The average molecular weight is 544 g/mol. The minimum atomic E-state index is -0.395. The molecule has 0 unspecified atom stereocenters. The molecule has 2 amide bonds. The number of amides is 2. The lowest BCUT2D eigenvalue weighted by Crippen LogP contribution is -2.39. The zero-order valence-corrected chi connectivity index (χ0v) is 22.4. The Balaban J connectivity index is 1.43. The molecule has 200 valence electrons. The molecule has 5 rings (SSSR count). The second-order valence-electron chi connectivity index (χ2n) is 9.65. The molecule has 0 bridgehead atoms. The SMILES string of the molecule is CC(C)C[C@@H](CO)NC(=O)c1c(-c2ccsc2)nc2c(C(=O)NCc3cc(-c4ccccc4)on3)cccn12. The van der Waals surface area contributed by atoms with Gasteiger partial charge in [0.15, 0.2) is 11.4 Å². The van der Waals surface area contributed by atoms with Crippen LogP contribution >= 0.6 is 11.3 Å². The highest BCUT2D eigenvalue weighted by Gasteiger charge is 2.26. The van der Waals surface area contributed by atoms with Gasteiger partial charge in [0.25, 0.3) is 11.8 Å². The van der Waals surface area contributed by atoms with Crippen molar-refractivity contribution in [1.29, 1.82) is 0 Å². The van der Waals surface area contributed by atoms with Crippen molar-refractivity contribution in [1.82, 2.24) is 25.2 Å². The van der Waals surface area contributed by atoms with Crippen LogP contribution < -0.4 is 10.6 Å². The number of aromatic nitrogens is 3. The van der Waals surface area contributed by atoms with Gasteiger partial charge < -0.3 is 20.3 Å². The Morgan fingerprint density at radius 3 is 2.62 bits per heavy atom. The number of aliphatic hydroxyl groups is 1. The molecule has 0 aliphatic rings. The molecule has 0 saturated heterocycles. The average Bonchev–Trinajstić information content (AvgIpc) is 3.71. The fourth-order valence-corrected chi connectivity index (χ4v) is 5.10. The highest BCUT2D eigenvalue weighted by atomic mass is 32.1. The Morgan fingerprint density at radius 1 is 1.08 bits per heavy atom. The molecule has 1 atom stereocenters. The third-order valence-corrected chi connectivity index (χ3v) is 6.95. The topological polar surface area (TPSA) is 122 Å². The third kappa shape index (κ3) is 5.76. The highest BCUT2D eigenvalue weighted by molar-refractivity contribution is 7.08. The molecule has 4 aromatic heterocycles. The van der Waals surface area contributed by atoms with Crippen molar-refractivity contribution >= 4 is 28.8 Å². The second-order valence-corrected chi connectivity index (χ2v) is 10.4. The van der Waals surface area contributed by atoms with Crippen molar-refractivity contribution in [3.05, 3.63) is 88.5 Å². The number of carbonyl (C=O) groups excluding carboxylic acids is 2. The summed E-state index contributed by atoms with van der Waals surface area (Å²) in [5.41, 5.74) is 3.71. The normalized spacial score (nSPS) is 12.1. The molecule has 0 aliphatic heterocycles. The summed E-state index contributed by atoms with van der Waals surface area (Å²) in [6, 6.07) is 16.3. The van der Waals surface area contributed by atoms with E-state index in [1.54, 1.807) is 28.8 Å². The molecule has 0 fully saturated rings. The van der Waals surface area contributed by atoms with Crippen LogP contribution in [0, 0.1) is 5.92 Å².